The molecule has 0 aliphatic carbocycles. The van der Waals surface area contributed by atoms with Gasteiger partial charge in [0.25, 0.3) is 0 Å². The third-order valence-electron chi connectivity index (χ3n) is 3.68. The van der Waals surface area contributed by atoms with E-state index in [9.17, 15) is 0 Å². The average Bonchev–Trinajstić information content (AvgIpc) is 3.12. The number of pyridine rings is 1. The zero-order chi connectivity index (χ0) is 16.2. The molecular formula is C20H15N3S. The van der Waals surface area contributed by atoms with Gasteiger partial charge < -0.3 is 5.32 Å². The van der Waals surface area contributed by atoms with E-state index in [1.54, 1.807) is 17.5 Å². The first-order chi connectivity index (χ1) is 11.9. The highest BCUT2D eigenvalue weighted by molar-refractivity contribution is 7.18. The molecule has 0 radical (unpaired) electrons. The quantitative estimate of drug-likeness (QED) is 0.528. The molecule has 2 aromatic heterocycles. The Kier molecular flexibility index (Phi) is 4.04. The third-order valence-corrected chi connectivity index (χ3v) is 4.64. The lowest BCUT2D eigenvalue weighted by Crippen LogP contribution is -1.95. The molecular weight excluding hydrogens is 314 g/mol. The summed E-state index contributed by atoms with van der Waals surface area (Å²) in [5, 5.41) is 4.20. The van der Waals surface area contributed by atoms with Crippen molar-refractivity contribution in [2.24, 2.45) is 0 Å². The number of benzene rings is 2. The van der Waals surface area contributed by atoms with Gasteiger partial charge in [-0.25, -0.2) is 9.97 Å². The smallest absolute Gasteiger partial charge is 0.188 e. The largest absolute Gasteiger partial charge is 0.316 e. The molecule has 4 heteroatoms. The van der Waals surface area contributed by atoms with Crippen LogP contribution in [-0.2, 0) is 0 Å². The van der Waals surface area contributed by atoms with Crippen LogP contribution in [0.5, 0.6) is 0 Å². The zero-order valence-corrected chi connectivity index (χ0v) is 13.7. The van der Waals surface area contributed by atoms with Crippen LogP contribution in [-0.4, -0.2) is 9.97 Å². The molecule has 4 aromatic rings. The number of nitrogens with one attached hydrogen (secondary N) is 1. The molecule has 0 unspecified atom stereocenters. The summed E-state index contributed by atoms with van der Waals surface area (Å²) in [6.07, 6.45) is 3.69. The standard InChI is InChI=1S/C20H15N3S/c1-3-8-15(9-4-1)17-12-7-13-21-19(17)23-20-22-14-18(24-20)16-10-5-2-6-11-16/h1-14H,(H,21,22,23). The number of aromatic nitrogens is 2. The van der Waals surface area contributed by atoms with Gasteiger partial charge in [0.1, 0.15) is 5.82 Å². The number of thiazole rings is 1. The Labute approximate surface area is 144 Å². The highest BCUT2D eigenvalue weighted by atomic mass is 32.1. The lowest BCUT2D eigenvalue weighted by Gasteiger charge is -2.08. The molecule has 0 aliphatic heterocycles. The molecule has 2 heterocycles. The van der Waals surface area contributed by atoms with Gasteiger partial charge in [-0.15, -0.1) is 0 Å². The minimum absolute atomic E-state index is 0.817. The fourth-order valence-electron chi connectivity index (χ4n) is 2.52. The minimum atomic E-state index is 0.817. The van der Waals surface area contributed by atoms with Crippen molar-refractivity contribution < 1.29 is 0 Å². The molecule has 0 aliphatic rings. The molecule has 24 heavy (non-hydrogen) atoms. The van der Waals surface area contributed by atoms with E-state index in [-0.39, 0.29) is 0 Å². The van der Waals surface area contributed by atoms with E-state index in [0.717, 1.165) is 27.0 Å². The van der Waals surface area contributed by atoms with Crippen LogP contribution in [0.25, 0.3) is 21.6 Å². The third kappa shape index (κ3) is 3.05. The summed E-state index contributed by atoms with van der Waals surface area (Å²) >= 11 is 1.62. The predicted molar refractivity (Wildman–Crippen MR) is 101 cm³/mol. The first-order valence-electron chi connectivity index (χ1n) is 7.69. The van der Waals surface area contributed by atoms with E-state index >= 15 is 0 Å². The fourth-order valence-corrected chi connectivity index (χ4v) is 3.35. The van der Waals surface area contributed by atoms with Crippen molar-refractivity contribution in [3.8, 4) is 21.6 Å². The van der Waals surface area contributed by atoms with Gasteiger partial charge in [-0.2, -0.15) is 0 Å². The van der Waals surface area contributed by atoms with Crippen LogP contribution in [0.15, 0.2) is 85.2 Å². The first-order valence-corrected chi connectivity index (χ1v) is 8.50. The van der Waals surface area contributed by atoms with Crippen molar-refractivity contribution >= 4 is 22.3 Å². The van der Waals surface area contributed by atoms with E-state index in [1.807, 2.05) is 48.7 Å². The Morgan fingerprint density at radius 2 is 1.42 bits per heavy atom. The number of nitrogens with zero attached hydrogens (tertiary/aromatic N) is 2. The molecule has 3 nitrogen and oxygen atoms in total. The summed E-state index contributed by atoms with van der Waals surface area (Å²) in [6, 6.07) is 24.5. The van der Waals surface area contributed by atoms with Crippen molar-refractivity contribution in [1.82, 2.24) is 9.97 Å². The summed E-state index contributed by atoms with van der Waals surface area (Å²) in [5.41, 5.74) is 3.37. The van der Waals surface area contributed by atoms with Gasteiger partial charge in [-0.05, 0) is 23.3 Å². The minimum Gasteiger partial charge on any atom is -0.316 e. The van der Waals surface area contributed by atoms with Gasteiger partial charge in [0.2, 0.25) is 0 Å². The number of anilines is 2. The molecule has 0 bridgehead atoms. The maximum Gasteiger partial charge on any atom is 0.188 e. The molecule has 0 amide bonds. The van der Waals surface area contributed by atoms with Crippen LogP contribution in [0.4, 0.5) is 10.9 Å². The molecule has 0 saturated heterocycles. The van der Waals surface area contributed by atoms with E-state index < -0.39 is 0 Å². The van der Waals surface area contributed by atoms with E-state index in [2.05, 4.69) is 45.6 Å². The fraction of sp³-hybridized carbons (Fsp3) is 0. The highest BCUT2D eigenvalue weighted by Crippen LogP contribution is 2.33. The van der Waals surface area contributed by atoms with E-state index in [0.29, 0.717) is 0 Å². The topological polar surface area (TPSA) is 37.8 Å². The summed E-state index contributed by atoms with van der Waals surface area (Å²) in [5.74, 6) is 0.817. The second-order valence-electron chi connectivity index (χ2n) is 5.29. The Morgan fingerprint density at radius 1 is 0.708 bits per heavy atom. The van der Waals surface area contributed by atoms with E-state index in [1.165, 1.54) is 5.56 Å². The van der Waals surface area contributed by atoms with Gasteiger partial charge in [0.15, 0.2) is 5.13 Å². The van der Waals surface area contributed by atoms with Crippen molar-refractivity contribution in [2.45, 2.75) is 0 Å². The number of hydrogen-bond donors (Lipinski definition) is 1. The monoisotopic (exact) mass is 329 g/mol. The van der Waals surface area contributed by atoms with Crippen LogP contribution in [0.3, 0.4) is 0 Å². The maximum atomic E-state index is 4.49. The lowest BCUT2D eigenvalue weighted by molar-refractivity contribution is 1.29. The van der Waals surface area contributed by atoms with Crippen molar-refractivity contribution in [3.63, 3.8) is 0 Å². The Balaban J connectivity index is 1.64. The van der Waals surface area contributed by atoms with Crippen LogP contribution in [0, 0.1) is 0 Å². The summed E-state index contributed by atoms with van der Waals surface area (Å²) < 4.78 is 0. The zero-order valence-electron chi connectivity index (χ0n) is 12.9. The van der Waals surface area contributed by atoms with E-state index in [4.69, 9.17) is 0 Å². The molecule has 1 N–H and O–H groups in total. The normalized spacial score (nSPS) is 10.5. The second-order valence-corrected chi connectivity index (χ2v) is 6.32. The van der Waals surface area contributed by atoms with Crippen molar-refractivity contribution in [1.29, 1.82) is 0 Å². The molecule has 116 valence electrons. The van der Waals surface area contributed by atoms with Crippen LogP contribution in [0.2, 0.25) is 0 Å². The highest BCUT2D eigenvalue weighted by Gasteiger charge is 2.09. The van der Waals surface area contributed by atoms with Gasteiger partial charge >= 0.3 is 0 Å². The Hall–Kier alpha value is -2.98. The number of hydrogen-bond acceptors (Lipinski definition) is 4. The maximum absolute atomic E-state index is 4.49. The van der Waals surface area contributed by atoms with Crippen LogP contribution < -0.4 is 5.32 Å². The summed E-state index contributed by atoms with van der Waals surface area (Å²) in [4.78, 5) is 10.1. The summed E-state index contributed by atoms with van der Waals surface area (Å²) in [7, 11) is 0. The van der Waals surface area contributed by atoms with Crippen molar-refractivity contribution in [3.05, 3.63) is 85.2 Å². The Morgan fingerprint density at radius 3 is 2.17 bits per heavy atom. The molecule has 0 fully saturated rings. The second kappa shape index (κ2) is 6.64. The van der Waals surface area contributed by atoms with Crippen LogP contribution >= 0.6 is 11.3 Å². The first kappa shape index (κ1) is 14.6. The molecule has 4 rings (SSSR count). The molecule has 0 saturated carbocycles. The van der Waals surface area contributed by atoms with Gasteiger partial charge in [0, 0.05) is 18.0 Å². The SMILES string of the molecule is c1ccc(-c2cnc(Nc3ncccc3-c3ccccc3)s2)cc1. The van der Waals surface area contributed by atoms with Gasteiger partial charge in [-0.1, -0.05) is 72.0 Å². The molecule has 0 atom stereocenters. The van der Waals surface area contributed by atoms with Gasteiger partial charge in [-0.3, -0.25) is 0 Å². The van der Waals surface area contributed by atoms with Crippen LogP contribution in [0.1, 0.15) is 0 Å². The predicted octanol–water partition coefficient (Wildman–Crippen LogP) is 5.62. The summed E-state index contributed by atoms with van der Waals surface area (Å²) in [6.45, 7) is 0. The molecule has 2 aromatic carbocycles. The van der Waals surface area contributed by atoms with Crippen molar-refractivity contribution in [2.75, 3.05) is 5.32 Å². The Bertz CT molecular complexity index is 933. The molecule has 0 spiro atoms. The average molecular weight is 329 g/mol. The lowest BCUT2D eigenvalue weighted by atomic mass is 10.1. The van der Waals surface area contributed by atoms with Gasteiger partial charge in [0.05, 0.1) is 4.88 Å². The number of rotatable bonds is 4.